The van der Waals surface area contributed by atoms with Gasteiger partial charge in [0.15, 0.2) is 5.58 Å². The van der Waals surface area contributed by atoms with Crippen LogP contribution in [0.15, 0.2) is 22.6 Å². The number of fused-ring (bicyclic) bond motifs is 1. The van der Waals surface area contributed by atoms with Crippen LogP contribution in [0.2, 0.25) is 10.0 Å². The first-order valence-corrected chi connectivity index (χ1v) is 6.34. The molecule has 0 radical (unpaired) electrons. The fourth-order valence-corrected chi connectivity index (χ4v) is 2.60. The van der Waals surface area contributed by atoms with E-state index in [4.69, 9.17) is 27.6 Å². The minimum absolute atomic E-state index is 0.178. The minimum Gasteiger partial charge on any atom is -0.458 e. The predicted molar refractivity (Wildman–Crippen MR) is 72.9 cm³/mol. The van der Waals surface area contributed by atoms with E-state index in [1.807, 2.05) is 19.2 Å². The largest absolute Gasteiger partial charge is 0.458 e. The Bertz CT molecular complexity index is 533. The highest BCUT2D eigenvalue weighted by Gasteiger charge is 2.19. The van der Waals surface area contributed by atoms with Gasteiger partial charge in [0.1, 0.15) is 5.76 Å². The summed E-state index contributed by atoms with van der Waals surface area (Å²) in [5.74, 6) is 1.33. The molecule has 1 heterocycles. The summed E-state index contributed by atoms with van der Waals surface area (Å²) in [5, 5.41) is 5.36. The van der Waals surface area contributed by atoms with E-state index >= 15 is 0 Å². The Balaban J connectivity index is 2.54. The van der Waals surface area contributed by atoms with Gasteiger partial charge in [0.05, 0.1) is 11.1 Å². The maximum Gasteiger partial charge on any atom is 0.153 e. The van der Waals surface area contributed by atoms with Gasteiger partial charge in [0.25, 0.3) is 0 Å². The summed E-state index contributed by atoms with van der Waals surface area (Å²) >= 11 is 12.1. The Morgan fingerprint density at radius 2 is 1.88 bits per heavy atom. The summed E-state index contributed by atoms with van der Waals surface area (Å²) < 4.78 is 5.82. The Morgan fingerprint density at radius 3 is 2.47 bits per heavy atom. The van der Waals surface area contributed by atoms with Gasteiger partial charge in [-0.2, -0.15) is 0 Å². The molecule has 1 aromatic heterocycles. The molecule has 0 fully saturated rings. The van der Waals surface area contributed by atoms with Crippen molar-refractivity contribution in [3.63, 3.8) is 0 Å². The summed E-state index contributed by atoms with van der Waals surface area (Å²) in [4.78, 5) is 0. The van der Waals surface area contributed by atoms with Crippen molar-refractivity contribution in [2.75, 3.05) is 7.05 Å². The maximum absolute atomic E-state index is 6.10. The molecule has 1 N–H and O–H groups in total. The van der Waals surface area contributed by atoms with Gasteiger partial charge in [-0.1, -0.05) is 37.0 Å². The van der Waals surface area contributed by atoms with E-state index in [1.165, 1.54) is 0 Å². The number of nitrogens with one attached hydrogen (secondary N) is 1. The number of hydrogen-bond donors (Lipinski definition) is 1. The summed E-state index contributed by atoms with van der Waals surface area (Å²) in [6, 6.07) is 5.73. The van der Waals surface area contributed by atoms with E-state index in [2.05, 4.69) is 19.2 Å². The van der Waals surface area contributed by atoms with Crippen molar-refractivity contribution in [3.05, 3.63) is 34.0 Å². The number of furan rings is 1. The molecule has 1 unspecified atom stereocenters. The average molecular weight is 272 g/mol. The highest BCUT2D eigenvalue weighted by molar-refractivity contribution is 6.38. The highest BCUT2D eigenvalue weighted by atomic mass is 35.5. The average Bonchev–Trinajstić information content (AvgIpc) is 2.61. The molecule has 4 heteroatoms. The molecule has 92 valence electrons. The third-order valence-corrected chi connectivity index (χ3v) is 3.34. The fourth-order valence-electron chi connectivity index (χ4n) is 2.05. The predicted octanol–water partition coefficient (Wildman–Crippen LogP) is 4.66. The first kappa shape index (κ1) is 12.7. The summed E-state index contributed by atoms with van der Waals surface area (Å²) in [7, 11) is 1.92. The normalized spacial score (nSPS) is 13.5. The number of benzene rings is 1. The van der Waals surface area contributed by atoms with Crippen LogP contribution in [-0.4, -0.2) is 7.05 Å². The molecule has 0 spiro atoms. The second-order valence-electron chi connectivity index (χ2n) is 4.47. The molecular formula is C13H15Cl2NO. The molecule has 0 aliphatic rings. The number of hydrogen-bond acceptors (Lipinski definition) is 2. The van der Waals surface area contributed by atoms with E-state index in [0.29, 0.717) is 21.5 Å². The molecule has 0 saturated heterocycles. The van der Waals surface area contributed by atoms with Crippen LogP contribution in [0.25, 0.3) is 11.0 Å². The van der Waals surface area contributed by atoms with Crippen LogP contribution in [0.3, 0.4) is 0 Å². The number of rotatable bonds is 3. The van der Waals surface area contributed by atoms with Crippen LogP contribution in [0.1, 0.15) is 25.6 Å². The highest BCUT2D eigenvalue weighted by Crippen LogP contribution is 2.34. The molecule has 0 saturated carbocycles. The van der Waals surface area contributed by atoms with E-state index in [0.717, 1.165) is 11.1 Å². The Labute approximate surface area is 111 Å². The third-order valence-electron chi connectivity index (χ3n) is 2.84. The van der Waals surface area contributed by atoms with E-state index < -0.39 is 0 Å². The lowest BCUT2D eigenvalue weighted by atomic mass is 10.0. The zero-order valence-electron chi connectivity index (χ0n) is 10.1. The van der Waals surface area contributed by atoms with Crippen LogP contribution in [0, 0.1) is 5.92 Å². The van der Waals surface area contributed by atoms with Gasteiger partial charge in [-0.25, -0.2) is 0 Å². The Kier molecular flexibility index (Phi) is 3.67. The number of halogens is 2. The van der Waals surface area contributed by atoms with Gasteiger partial charge in [-0.3, -0.25) is 0 Å². The van der Waals surface area contributed by atoms with Crippen molar-refractivity contribution in [2.45, 2.75) is 19.9 Å². The van der Waals surface area contributed by atoms with Gasteiger partial charge in [0, 0.05) is 10.4 Å². The first-order chi connectivity index (χ1) is 8.02. The molecule has 2 aromatic rings. The monoisotopic (exact) mass is 271 g/mol. The summed E-state index contributed by atoms with van der Waals surface area (Å²) in [5.41, 5.74) is 0.701. The molecule has 17 heavy (non-hydrogen) atoms. The van der Waals surface area contributed by atoms with E-state index in [-0.39, 0.29) is 6.04 Å². The molecule has 0 amide bonds. The molecule has 2 rings (SSSR count). The zero-order valence-corrected chi connectivity index (χ0v) is 11.6. The van der Waals surface area contributed by atoms with Crippen molar-refractivity contribution in [1.29, 1.82) is 0 Å². The van der Waals surface area contributed by atoms with Crippen molar-refractivity contribution < 1.29 is 4.42 Å². The Morgan fingerprint density at radius 1 is 1.18 bits per heavy atom. The molecular weight excluding hydrogens is 257 g/mol. The van der Waals surface area contributed by atoms with Gasteiger partial charge >= 0.3 is 0 Å². The molecule has 2 nitrogen and oxygen atoms in total. The second-order valence-corrected chi connectivity index (χ2v) is 5.31. The molecule has 0 aliphatic heterocycles. The van der Waals surface area contributed by atoms with Crippen LogP contribution in [0.5, 0.6) is 0 Å². The second kappa shape index (κ2) is 4.89. The lowest BCUT2D eigenvalue weighted by Crippen LogP contribution is -2.20. The summed E-state index contributed by atoms with van der Waals surface area (Å²) in [6.07, 6.45) is 0. The van der Waals surface area contributed by atoms with E-state index in [1.54, 1.807) is 6.07 Å². The van der Waals surface area contributed by atoms with Gasteiger partial charge in [-0.15, -0.1) is 0 Å². The van der Waals surface area contributed by atoms with Crippen molar-refractivity contribution >= 4 is 34.2 Å². The lowest BCUT2D eigenvalue weighted by molar-refractivity contribution is 0.371. The van der Waals surface area contributed by atoms with Crippen LogP contribution < -0.4 is 5.32 Å². The lowest BCUT2D eigenvalue weighted by Gasteiger charge is -2.17. The smallest absolute Gasteiger partial charge is 0.153 e. The molecule has 1 aromatic carbocycles. The zero-order chi connectivity index (χ0) is 12.6. The SMILES string of the molecule is CNC(c1cc2cc(Cl)cc(Cl)c2o1)C(C)C. The van der Waals surface area contributed by atoms with Gasteiger partial charge in [-0.05, 0) is 31.2 Å². The fraction of sp³-hybridized carbons (Fsp3) is 0.385. The Hall–Kier alpha value is -0.700. The van der Waals surface area contributed by atoms with Gasteiger partial charge in [0.2, 0.25) is 0 Å². The van der Waals surface area contributed by atoms with Crippen molar-refractivity contribution in [2.24, 2.45) is 5.92 Å². The minimum atomic E-state index is 0.178. The first-order valence-electron chi connectivity index (χ1n) is 5.58. The molecule has 0 bridgehead atoms. The van der Waals surface area contributed by atoms with Crippen LogP contribution in [-0.2, 0) is 0 Å². The molecule has 1 atom stereocenters. The van der Waals surface area contributed by atoms with Crippen LogP contribution in [0.4, 0.5) is 0 Å². The van der Waals surface area contributed by atoms with Crippen LogP contribution >= 0.6 is 23.2 Å². The van der Waals surface area contributed by atoms with Gasteiger partial charge < -0.3 is 9.73 Å². The topological polar surface area (TPSA) is 25.2 Å². The van der Waals surface area contributed by atoms with E-state index in [9.17, 15) is 0 Å². The van der Waals surface area contributed by atoms with Crippen molar-refractivity contribution in [3.8, 4) is 0 Å². The van der Waals surface area contributed by atoms with Crippen molar-refractivity contribution in [1.82, 2.24) is 5.32 Å². The maximum atomic E-state index is 6.10. The quantitative estimate of drug-likeness (QED) is 0.879. The summed E-state index contributed by atoms with van der Waals surface area (Å²) in [6.45, 7) is 4.28. The standard InChI is InChI=1S/C13H15Cl2NO/c1-7(2)12(16-3)11-5-8-4-9(14)6-10(15)13(8)17-11/h4-7,12,16H,1-3H3. The third kappa shape index (κ3) is 2.44. The molecule has 0 aliphatic carbocycles.